The molecule has 0 bridgehead atoms. The van der Waals surface area contributed by atoms with Crippen LogP contribution < -0.4 is 5.43 Å². The Morgan fingerprint density at radius 2 is 1.44 bits per heavy atom. The minimum Gasteiger partial charge on any atom is -0.457 e. The zero-order valence-corrected chi connectivity index (χ0v) is 17.8. The zero-order valence-electron chi connectivity index (χ0n) is 17.0. The number of carbonyl (C=O) groups excluding carboxylic acids is 1. The van der Waals surface area contributed by atoms with Crippen molar-refractivity contribution < 1.29 is 13.6 Å². The summed E-state index contributed by atoms with van der Waals surface area (Å²) in [5.74, 6) is 1.46. The van der Waals surface area contributed by atoms with E-state index < -0.39 is 5.78 Å². The highest BCUT2D eigenvalue weighted by Crippen LogP contribution is 2.31. The SMILES string of the molecule is O=C(c1ccccc1)c1c(-c2ccc(CSc3ccccc3)o2)oc2ccccc2c1=O. The highest BCUT2D eigenvalue weighted by Gasteiger charge is 2.25. The lowest BCUT2D eigenvalue weighted by Crippen LogP contribution is -2.17. The number of fused-ring (bicyclic) bond motifs is 1. The van der Waals surface area contributed by atoms with Gasteiger partial charge in [0, 0.05) is 10.5 Å². The van der Waals surface area contributed by atoms with Crippen LogP contribution in [0.2, 0.25) is 0 Å². The molecular weight excluding hydrogens is 420 g/mol. The number of rotatable bonds is 6. The quantitative estimate of drug-likeness (QED) is 0.221. The van der Waals surface area contributed by atoms with Crippen molar-refractivity contribution in [3.05, 3.63) is 124 Å². The number of furan rings is 1. The van der Waals surface area contributed by atoms with Crippen molar-refractivity contribution in [2.45, 2.75) is 10.6 Å². The van der Waals surface area contributed by atoms with Gasteiger partial charge in [0.05, 0.1) is 11.1 Å². The van der Waals surface area contributed by atoms with Gasteiger partial charge >= 0.3 is 0 Å². The van der Waals surface area contributed by atoms with Crippen LogP contribution in [-0.2, 0) is 5.75 Å². The van der Waals surface area contributed by atoms with E-state index in [1.54, 1.807) is 66.4 Å². The van der Waals surface area contributed by atoms with E-state index in [0.717, 1.165) is 10.7 Å². The summed E-state index contributed by atoms with van der Waals surface area (Å²) in [6.07, 6.45) is 0. The van der Waals surface area contributed by atoms with Gasteiger partial charge in [-0.15, -0.1) is 11.8 Å². The second-order valence-electron chi connectivity index (χ2n) is 7.19. The monoisotopic (exact) mass is 438 g/mol. The van der Waals surface area contributed by atoms with Gasteiger partial charge in [0.15, 0.2) is 11.5 Å². The molecule has 156 valence electrons. The van der Waals surface area contributed by atoms with E-state index in [9.17, 15) is 9.59 Å². The Kier molecular flexibility index (Phi) is 5.48. The van der Waals surface area contributed by atoms with E-state index in [-0.39, 0.29) is 16.8 Å². The van der Waals surface area contributed by atoms with Gasteiger partial charge in [0.1, 0.15) is 16.9 Å². The lowest BCUT2D eigenvalue weighted by atomic mass is 9.99. The Hall–Kier alpha value is -3.83. The molecule has 0 saturated heterocycles. The van der Waals surface area contributed by atoms with Gasteiger partial charge in [-0.05, 0) is 36.4 Å². The van der Waals surface area contributed by atoms with E-state index >= 15 is 0 Å². The Morgan fingerprint density at radius 1 is 0.750 bits per heavy atom. The molecule has 0 spiro atoms. The lowest BCUT2D eigenvalue weighted by Gasteiger charge is -2.08. The van der Waals surface area contributed by atoms with Crippen LogP contribution in [0.3, 0.4) is 0 Å². The number of para-hydroxylation sites is 1. The minimum absolute atomic E-state index is 0.0217. The molecule has 0 aliphatic heterocycles. The first-order valence-electron chi connectivity index (χ1n) is 10.1. The van der Waals surface area contributed by atoms with Crippen LogP contribution in [0.4, 0.5) is 0 Å². The van der Waals surface area contributed by atoms with Crippen LogP contribution in [-0.4, -0.2) is 5.78 Å². The summed E-state index contributed by atoms with van der Waals surface area (Å²) < 4.78 is 12.1. The lowest BCUT2D eigenvalue weighted by molar-refractivity contribution is 0.103. The molecule has 0 saturated carbocycles. The Balaban J connectivity index is 1.58. The summed E-state index contributed by atoms with van der Waals surface area (Å²) >= 11 is 1.64. The first-order chi connectivity index (χ1) is 15.7. The average molecular weight is 439 g/mol. The molecule has 3 aromatic carbocycles. The van der Waals surface area contributed by atoms with E-state index in [1.807, 2.05) is 42.5 Å². The second-order valence-corrected chi connectivity index (χ2v) is 8.24. The van der Waals surface area contributed by atoms with Crippen molar-refractivity contribution in [1.82, 2.24) is 0 Å². The molecule has 0 atom stereocenters. The molecule has 2 aromatic heterocycles. The van der Waals surface area contributed by atoms with Gasteiger partial charge in [-0.2, -0.15) is 0 Å². The maximum atomic E-state index is 13.3. The third-order valence-corrected chi connectivity index (χ3v) is 6.10. The molecule has 5 rings (SSSR count). The zero-order chi connectivity index (χ0) is 21.9. The molecule has 5 aromatic rings. The fourth-order valence-electron chi connectivity index (χ4n) is 3.50. The summed E-state index contributed by atoms with van der Waals surface area (Å²) in [6.45, 7) is 0. The smallest absolute Gasteiger partial charge is 0.204 e. The van der Waals surface area contributed by atoms with Crippen molar-refractivity contribution in [1.29, 1.82) is 0 Å². The van der Waals surface area contributed by atoms with E-state index in [4.69, 9.17) is 8.83 Å². The Labute approximate surface area is 188 Å². The first-order valence-corrected chi connectivity index (χ1v) is 11.1. The second kappa shape index (κ2) is 8.73. The summed E-state index contributed by atoms with van der Waals surface area (Å²) in [4.78, 5) is 27.8. The number of thioether (sulfide) groups is 1. The summed E-state index contributed by atoms with van der Waals surface area (Å²) in [6, 6.07) is 29.3. The van der Waals surface area contributed by atoms with Crippen molar-refractivity contribution in [3.8, 4) is 11.5 Å². The predicted octanol–water partition coefficient (Wildman–Crippen LogP) is 6.58. The highest BCUT2D eigenvalue weighted by molar-refractivity contribution is 7.98. The van der Waals surface area contributed by atoms with Crippen molar-refractivity contribution in [2.75, 3.05) is 0 Å². The van der Waals surface area contributed by atoms with Crippen LogP contribution in [0.15, 0.2) is 116 Å². The fourth-order valence-corrected chi connectivity index (χ4v) is 4.32. The predicted molar refractivity (Wildman–Crippen MR) is 126 cm³/mol. The van der Waals surface area contributed by atoms with Crippen LogP contribution in [0.25, 0.3) is 22.5 Å². The minimum atomic E-state index is -0.392. The van der Waals surface area contributed by atoms with Crippen LogP contribution >= 0.6 is 11.8 Å². The molecule has 0 aliphatic rings. The summed E-state index contributed by atoms with van der Waals surface area (Å²) in [5.41, 5.74) is 0.440. The fraction of sp³-hybridized carbons (Fsp3) is 0.0370. The van der Waals surface area contributed by atoms with Crippen LogP contribution in [0, 0.1) is 0 Å². The van der Waals surface area contributed by atoms with Crippen molar-refractivity contribution in [3.63, 3.8) is 0 Å². The van der Waals surface area contributed by atoms with Gasteiger partial charge in [-0.25, -0.2) is 0 Å². The molecule has 0 unspecified atom stereocenters. The van der Waals surface area contributed by atoms with Crippen LogP contribution in [0.5, 0.6) is 0 Å². The summed E-state index contributed by atoms with van der Waals surface area (Å²) in [7, 11) is 0. The maximum Gasteiger partial charge on any atom is 0.204 e. The number of hydrogen-bond donors (Lipinski definition) is 0. The molecule has 4 nitrogen and oxygen atoms in total. The van der Waals surface area contributed by atoms with Crippen LogP contribution in [0.1, 0.15) is 21.7 Å². The third-order valence-electron chi connectivity index (χ3n) is 5.07. The third kappa shape index (κ3) is 3.90. The maximum absolute atomic E-state index is 13.3. The normalized spacial score (nSPS) is 11.0. The van der Waals surface area contributed by atoms with Crippen molar-refractivity contribution >= 4 is 28.5 Å². The summed E-state index contributed by atoms with van der Waals surface area (Å²) in [5, 5.41) is 0.363. The van der Waals surface area contributed by atoms with E-state index in [1.165, 1.54) is 0 Å². The van der Waals surface area contributed by atoms with Gasteiger partial charge in [-0.3, -0.25) is 9.59 Å². The molecule has 0 radical (unpaired) electrons. The Morgan fingerprint density at radius 3 is 2.22 bits per heavy atom. The average Bonchev–Trinajstić information content (AvgIpc) is 3.32. The number of carbonyl (C=O) groups is 1. The molecule has 32 heavy (non-hydrogen) atoms. The van der Waals surface area contributed by atoms with Gasteiger partial charge in [0.25, 0.3) is 0 Å². The standard InChI is InChI=1S/C27H18O4S/c28-25(18-9-3-1-4-10-18)24-26(29)21-13-7-8-14-22(21)31-27(24)23-16-15-19(30-23)17-32-20-11-5-2-6-12-20/h1-16H,17H2. The highest BCUT2D eigenvalue weighted by atomic mass is 32.2. The van der Waals surface area contributed by atoms with Gasteiger partial charge in [-0.1, -0.05) is 60.7 Å². The van der Waals surface area contributed by atoms with Gasteiger partial charge in [0.2, 0.25) is 11.2 Å². The number of hydrogen-bond acceptors (Lipinski definition) is 5. The Bertz CT molecular complexity index is 1450. The molecular formula is C27H18O4S. The molecule has 0 aliphatic carbocycles. The first kappa shape index (κ1) is 20.1. The topological polar surface area (TPSA) is 60.4 Å². The number of benzene rings is 3. The molecule has 5 heteroatoms. The van der Waals surface area contributed by atoms with E-state index in [0.29, 0.717) is 28.0 Å². The number of ketones is 1. The van der Waals surface area contributed by atoms with E-state index in [2.05, 4.69) is 0 Å². The van der Waals surface area contributed by atoms with Crippen molar-refractivity contribution in [2.24, 2.45) is 0 Å². The molecule has 0 fully saturated rings. The van der Waals surface area contributed by atoms with Gasteiger partial charge < -0.3 is 8.83 Å². The largest absolute Gasteiger partial charge is 0.457 e. The molecule has 0 amide bonds. The molecule has 0 N–H and O–H groups in total. The molecule has 2 heterocycles.